The number of carbonyl (C=O) groups excluding carboxylic acids is 1. The third-order valence-electron chi connectivity index (χ3n) is 5.54. The fourth-order valence-electron chi connectivity index (χ4n) is 3.82. The van der Waals surface area contributed by atoms with Gasteiger partial charge in [0.15, 0.2) is 22.4 Å². The summed E-state index contributed by atoms with van der Waals surface area (Å²) >= 11 is 1.29. The van der Waals surface area contributed by atoms with Crippen LogP contribution in [0.25, 0.3) is 10.9 Å². The molecule has 7 heteroatoms. The van der Waals surface area contributed by atoms with Crippen LogP contribution in [0.1, 0.15) is 22.3 Å². The molecular formula is C26H22N2O4S. The van der Waals surface area contributed by atoms with E-state index in [9.17, 15) is 9.59 Å². The number of benzene rings is 3. The predicted octanol–water partition coefficient (Wildman–Crippen LogP) is 4.73. The van der Waals surface area contributed by atoms with Crippen LogP contribution in [0, 0.1) is 0 Å². The Morgan fingerprint density at radius 1 is 0.970 bits per heavy atom. The number of rotatable bonds is 8. The minimum absolute atomic E-state index is 0.0588. The molecule has 0 fully saturated rings. The van der Waals surface area contributed by atoms with Crippen LogP contribution in [-0.2, 0) is 13.0 Å². The van der Waals surface area contributed by atoms with Crippen LogP contribution in [0.15, 0.2) is 82.7 Å². The summed E-state index contributed by atoms with van der Waals surface area (Å²) in [7, 11) is 0. The van der Waals surface area contributed by atoms with E-state index < -0.39 is 0 Å². The molecule has 3 aromatic carbocycles. The van der Waals surface area contributed by atoms with Crippen LogP contribution in [0.5, 0.6) is 11.5 Å². The van der Waals surface area contributed by atoms with Crippen LogP contribution < -0.4 is 15.0 Å². The minimum atomic E-state index is -0.0771. The first-order valence-corrected chi connectivity index (χ1v) is 11.8. The van der Waals surface area contributed by atoms with Crippen molar-refractivity contribution in [3.05, 3.63) is 94.3 Å². The molecular weight excluding hydrogens is 436 g/mol. The smallest absolute Gasteiger partial charge is 0.262 e. The fourth-order valence-corrected chi connectivity index (χ4v) is 4.74. The molecule has 0 unspecified atom stereocenters. The average molecular weight is 459 g/mol. The fraction of sp³-hybridized carbons (Fsp3) is 0.192. The van der Waals surface area contributed by atoms with Crippen LogP contribution in [-0.4, -0.2) is 27.9 Å². The highest BCUT2D eigenvalue weighted by molar-refractivity contribution is 7.99. The molecule has 4 aromatic rings. The van der Waals surface area contributed by atoms with E-state index in [0.29, 0.717) is 39.7 Å². The third-order valence-corrected chi connectivity index (χ3v) is 6.52. The highest BCUT2D eigenvalue weighted by atomic mass is 32.2. The highest BCUT2D eigenvalue weighted by Crippen LogP contribution is 2.33. The zero-order valence-electron chi connectivity index (χ0n) is 17.9. The van der Waals surface area contributed by atoms with Crippen LogP contribution in [0.4, 0.5) is 0 Å². The molecule has 0 radical (unpaired) electrons. The van der Waals surface area contributed by atoms with E-state index in [1.807, 2.05) is 36.4 Å². The predicted molar refractivity (Wildman–Crippen MR) is 128 cm³/mol. The average Bonchev–Trinajstić information content (AvgIpc) is 3.33. The van der Waals surface area contributed by atoms with Crippen molar-refractivity contribution in [2.24, 2.45) is 0 Å². The second-order valence-corrected chi connectivity index (χ2v) is 8.68. The number of nitrogens with zero attached hydrogens (tertiary/aromatic N) is 2. The van der Waals surface area contributed by atoms with Gasteiger partial charge in [-0.1, -0.05) is 54.2 Å². The van der Waals surface area contributed by atoms with Crippen molar-refractivity contribution in [3.8, 4) is 11.5 Å². The number of ether oxygens (including phenoxy) is 2. The van der Waals surface area contributed by atoms with Gasteiger partial charge in [-0.25, -0.2) is 4.98 Å². The number of aromatic nitrogens is 2. The maximum absolute atomic E-state index is 13.2. The van der Waals surface area contributed by atoms with Gasteiger partial charge in [-0.3, -0.25) is 14.2 Å². The molecule has 1 aliphatic rings. The quantitative estimate of drug-likeness (QED) is 0.216. The maximum Gasteiger partial charge on any atom is 0.262 e. The molecule has 1 aliphatic heterocycles. The van der Waals surface area contributed by atoms with Gasteiger partial charge in [0.1, 0.15) is 0 Å². The van der Waals surface area contributed by atoms with Crippen molar-refractivity contribution in [1.82, 2.24) is 9.55 Å². The molecule has 6 nitrogen and oxygen atoms in total. The van der Waals surface area contributed by atoms with Gasteiger partial charge in [0.25, 0.3) is 5.56 Å². The van der Waals surface area contributed by atoms with Crippen LogP contribution >= 0.6 is 11.8 Å². The van der Waals surface area contributed by atoms with Crippen LogP contribution in [0.3, 0.4) is 0 Å². The number of carbonyl (C=O) groups is 1. The zero-order chi connectivity index (χ0) is 22.6. The number of para-hydroxylation sites is 1. The second kappa shape index (κ2) is 9.50. The van der Waals surface area contributed by atoms with Gasteiger partial charge >= 0.3 is 0 Å². The van der Waals surface area contributed by atoms with E-state index in [0.717, 1.165) is 12.8 Å². The van der Waals surface area contributed by atoms with Gasteiger partial charge in [0.2, 0.25) is 6.79 Å². The lowest BCUT2D eigenvalue weighted by Crippen LogP contribution is -2.24. The maximum atomic E-state index is 13.2. The normalized spacial score (nSPS) is 12.2. The molecule has 0 amide bonds. The number of ketones is 1. The van der Waals surface area contributed by atoms with Gasteiger partial charge in [-0.2, -0.15) is 0 Å². The number of thioether (sulfide) groups is 1. The minimum Gasteiger partial charge on any atom is -0.454 e. The van der Waals surface area contributed by atoms with Gasteiger partial charge in [-0.05, 0) is 48.7 Å². The largest absolute Gasteiger partial charge is 0.454 e. The standard InChI is InChI=1S/C26H22N2O4S/c29-22(19-12-13-23-24(15-19)32-17-31-23)16-33-26-27-21-11-5-4-10-20(21)25(30)28(26)14-6-9-18-7-2-1-3-8-18/h1-5,7-8,10-13,15H,6,9,14,16-17H2. The van der Waals surface area contributed by atoms with E-state index in [-0.39, 0.29) is 23.9 Å². The molecule has 0 aliphatic carbocycles. The number of fused-ring (bicyclic) bond motifs is 2. The Hall–Kier alpha value is -3.58. The summed E-state index contributed by atoms with van der Waals surface area (Å²) in [5.74, 6) is 1.33. The van der Waals surface area contributed by atoms with Crippen molar-refractivity contribution < 1.29 is 14.3 Å². The molecule has 0 spiro atoms. The Bertz CT molecular complexity index is 1370. The van der Waals surface area contributed by atoms with Gasteiger partial charge < -0.3 is 9.47 Å². The first-order valence-electron chi connectivity index (χ1n) is 10.8. The summed E-state index contributed by atoms with van der Waals surface area (Å²) in [6.45, 7) is 0.699. The van der Waals surface area contributed by atoms with Crippen molar-refractivity contribution in [3.63, 3.8) is 0 Å². The topological polar surface area (TPSA) is 70.4 Å². The lowest BCUT2D eigenvalue weighted by Gasteiger charge is -2.13. The van der Waals surface area contributed by atoms with E-state index in [2.05, 4.69) is 12.1 Å². The summed E-state index contributed by atoms with van der Waals surface area (Å²) < 4.78 is 12.4. The van der Waals surface area contributed by atoms with Gasteiger partial charge in [0.05, 0.1) is 16.7 Å². The number of aryl methyl sites for hydroxylation is 1. The Labute approximate surface area is 195 Å². The molecule has 166 valence electrons. The summed E-state index contributed by atoms with van der Waals surface area (Å²) in [6.07, 6.45) is 1.66. The first kappa shape index (κ1) is 21.3. The summed E-state index contributed by atoms with van der Waals surface area (Å²) in [5, 5.41) is 1.14. The molecule has 0 N–H and O–H groups in total. The van der Waals surface area contributed by atoms with E-state index in [1.54, 1.807) is 28.8 Å². The van der Waals surface area contributed by atoms with Crippen molar-refractivity contribution in [2.45, 2.75) is 24.5 Å². The number of hydrogen-bond acceptors (Lipinski definition) is 6. The number of Topliss-reactive ketones (excluding diaryl/α,β-unsaturated/α-hetero) is 1. The molecule has 2 heterocycles. The monoisotopic (exact) mass is 458 g/mol. The Morgan fingerprint density at radius 3 is 2.64 bits per heavy atom. The first-order chi connectivity index (χ1) is 16.2. The molecule has 1 aromatic heterocycles. The van der Waals surface area contributed by atoms with E-state index in [4.69, 9.17) is 14.5 Å². The lowest BCUT2D eigenvalue weighted by molar-refractivity contribution is 0.102. The van der Waals surface area contributed by atoms with Crippen LogP contribution in [0.2, 0.25) is 0 Å². The molecule has 0 saturated carbocycles. The van der Waals surface area contributed by atoms with Gasteiger partial charge in [-0.15, -0.1) is 0 Å². The highest BCUT2D eigenvalue weighted by Gasteiger charge is 2.18. The van der Waals surface area contributed by atoms with E-state index in [1.165, 1.54) is 17.3 Å². The molecule has 0 atom stereocenters. The summed E-state index contributed by atoms with van der Waals surface area (Å²) in [5.41, 5.74) is 2.34. The van der Waals surface area contributed by atoms with E-state index >= 15 is 0 Å². The van der Waals surface area contributed by atoms with Crippen molar-refractivity contribution in [1.29, 1.82) is 0 Å². The Kier molecular flexibility index (Phi) is 6.13. The Morgan fingerprint density at radius 2 is 1.76 bits per heavy atom. The molecule has 0 saturated heterocycles. The van der Waals surface area contributed by atoms with Gasteiger partial charge in [0, 0.05) is 12.1 Å². The Balaban J connectivity index is 1.37. The summed E-state index contributed by atoms with van der Waals surface area (Å²) in [4.78, 5) is 30.8. The number of hydrogen-bond donors (Lipinski definition) is 0. The second-order valence-electron chi connectivity index (χ2n) is 7.74. The lowest BCUT2D eigenvalue weighted by atomic mass is 10.1. The van der Waals surface area contributed by atoms with Crippen molar-refractivity contribution >= 4 is 28.4 Å². The molecule has 0 bridgehead atoms. The third kappa shape index (κ3) is 4.64. The van der Waals surface area contributed by atoms with Crippen molar-refractivity contribution in [2.75, 3.05) is 12.5 Å². The molecule has 33 heavy (non-hydrogen) atoms. The zero-order valence-corrected chi connectivity index (χ0v) is 18.7. The SMILES string of the molecule is O=C(CSc1nc2ccccc2c(=O)n1CCCc1ccccc1)c1ccc2c(c1)OCO2. The molecule has 5 rings (SSSR count). The summed E-state index contributed by atoms with van der Waals surface area (Å²) in [6, 6.07) is 22.7.